The third-order valence-electron chi connectivity index (χ3n) is 28.8. The number of hydrogen-bond acceptors (Lipinski definition) is 2. The minimum Gasteiger partial charge on any atom is -0.309 e. The Hall–Kier alpha value is -18.9. The van der Waals surface area contributed by atoms with Gasteiger partial charge in [-0.1, -0.05) is 212 Å². The van der Waals surface area contributed by atoms with Gasteiger partial charge in [-0.2, -0.15) is 10.5 Å². The zero-order valence-corrected chi connectivity index (χ0v) is 74.0. The molecule has 0 atom stereocenters. The summed E-state index contributed by atoms with van der Waals surface area (Å²) in [6.45, 7) is 0. The number of hydrogen-bond donors (Lipinski definition) is 0. The number of rotatable bonds is 11. The van der Waals surface area contributed by atoms with Crippen LogP contribution in [0.15, 0.2) is 376 Å². The molecule has 0 spiro atoms. The predicted molar refractivity (Wildman–Crippen MR) is 546 cm³/mol. The van der Waals surface area contributed by atoms with E-state index in [0.29, 0.717) is 121 Å². The average Bonchev–Trinajstić information content (AvgIpc) is 1.52. The van der Waals surface area contributed by atoms with Crippen molar-refractivity contribution < 1.29 is 43.9 Å². The van der Waals surface area contributed by atoms with Gasteiger partial charge in [-0.25, -0.2) is 43.9 Å². The Bertz CT molecular complexity index is 10500. The van der Waals surface area contributed by atoms with Crippen molar-refractivity contribution in [2.75, 3.05) is 0 Å². The topological polar surface area (TPSA) is 87.0 Å². The molecule has 8 aromatic heterocycles. The quantitative estimate of drug-likeness (QED) is 0.0734. The largest absolute Gasteiger partial charge is 0.309 e. The highest BCUT2D eigenvalue weighted by Crippen LogP contribution is 2.52. The molecule has 0 saturated carbocycles. The minimum absolute atomic E-state index is 0.0245. The summed E-state index contributed by atoms with van der Waals surface area (Å²) in [7, 11) is 0. The van der Waals surface area contributed by atoms with Crippen molar-refractivity contribution in [3.63, 3.8) is 0 Å². The molecule has 0 radical (unpaired) electrons. The summed E-state index contributed by atoms with van der Waals surface area (Å²) in [5.74, 6) is -21.8. The van der Waals surface area contributed by atoms with E-state index in [1.54, 1.807) is 42.5 Å². The Morgan fingerprint density at radius 3 is 0.641 bits per heavy atom. The van der Waals surface area contributed by atoms with Crippen LogP contribution in [-0.2, 0) is 0 Å². The van der Waals surface area contributed by atoms with Crippen molar-refractivity contribution in [2.45, 2.75) is 0 Å². The zero-order valence-electron chi connectivity index (χ0n) is 74.0. The predicted octanol–water partition coefficient (Wildman–Crippen LogP) is 32.6. The molecule has 0 aliphatic carbocycles. The second-order valence-corrected chi connectivity index (χ2v) is 36.0. The minimum atomic E-state index is -2.36. The van der Waals surface area contributed by atoms with E-state index in [2.05, 4.69) is 54.7 Å². The molecule has 0 bridgehead atoms. The van der Waals surface area contributed by atoms with Crippen LogP contribution in [-0.4, -0.2) is 36.5 Å². The van der Waals surface area contributed by atoms with E-state index in [0.717, 1.165) is 87.4 Å². The maximum absolute atomic E-state index is 18.0. The average molecular weight is 1860 g/mol. The van der Waals surface area contributed by atoms with Crippen LogP contribution in [0.2, 0.25) is 0 Å². The van der Waals surface area contributed by atoms with Crippen LogP contribution in [0.4, 0.5) is 43.9 Å². The summed E-state index contributed by atoms with van der Waals surface area (Å²) in [6.07, 6.45) is 0. The lowest BCUT2D eigenvalue weighted by Gasteiger charge is -2.22. The second kappa shape index (κ2) is 30.3. The van der Waals surface area contributed by atoms with Crippen LogP contribution in [0.25, 0.3) is 253 Å². The summed E-state index contributed by atoms with van der Waals surface area (Å²) in [4.78, 5) is 0. The van der Waals surface area contributed by atoms with E-state index in [-0.39, 0.29) is 33.9 Å². The Morgan fingerprint density at radius 1 is 0.148 bits per heavy atom. The first-order valence-electron chi connectivity index (χ1n) is 46.0. The summed E-state index contributed by atoms with van der Waals surface area (Å²) < 4.78 is 186. The van der Waals surface area contributed by atoms with Crippen molar-refractivity contribution in [1.29, 1.82) is 10.5 Å². The normalized spacial score (nSPS) is 12.1. The van der Waals surface area contributed by atoms with E-state index in [4.69, 9.17) is 0 Å². The number of nitrogens with zero attached hydrogens (tertiary/aromatic N) is 10. The lowest BCUT2D eigenvalue weighted by molar-refractivity contribution is 0.381. The Labute approximate surface area is 796 Å². The molecule has 0 fully saturated rings. The van der Waals surface area contributed by atoms with E-state index in [1.807, 2.05) is 303 Å². The van der Waals surface area contributed by atoms with Gasteiger partial charge in [-0.15, -0.1) is 0 Å². The number of benzene rings is 20. The van der Waals surface area contributed by atoms with Gasteiger partial charge in [0.15, 0.2) is 46.5 Å². The van der Waals surface area contributed by atoms with E-state index < -0.39 is 80.4 Å². The van der Waals surface area contributed by atoms with Gasteiger partial charge in [0.1, 0.15) is 0 Å². The molecule has 0 N–H and O–H groups in total. The Kier molecular flexibility index (Phi) is 17.4. The van der Waals surface area contributed by atoms with Crippen molar-refractivity contribution in [2.24, 2.45) is 0 Å². The van der Waals surface area contributed by atoms with Crippen LogP contribution >= 0.6 is 0 Å². The van der Waals surface area contributed by atoms with E-state index >= 15 is 43.9 Å². The SMILES string of the molecule is N#Cc1cc(-n2c3ccccc3c3cc(-n4c5ccccc5c5ccccc54)ccc32)c(-c2c(F)c(F)c(F)c(F)c2F)c(-n2c3ccc(-c4ccc5c6ccccc6n(-c6ccc7c8ccccc8n(-c8cc(C#N)cc(-n9c%10ccccc%10c%10ccc(-n%11c%12ccccc%12c%12ccccc%12%11)cc%109)c8-c8c(F)c(F)c(F)c(F)c8F)c7c6)c5c4)cc3c3cc(-n4c5ccccc5c5ccccc54)ccc32)c1. The number of nitriles is 2. The Morgan fingerprint density at radius 2 is 0.338 bits per heavy atom. The number of halogens is 10. The number of para-hydroxylation sites is 10. The first kappa shape index (κ1) is 81.4. The van der Waals surface area contributed by atoms with Crippen molar-refractivity contribution in [3.05, 3.63) is 445 Å². The molecule has 8 heterocycles. The van der Waals surface area contributed by atoms with Crippen molar-refractivity contribution in [1.82, 2.24) is 36.5 Å². The van der Waals surface area contributed by atoms with Crippen LogP contribution in [0, 0.1) is 80.8 Å². The van der Waals surface area contributed by atoms with Crippen LogP contribution in [0.1, 0.15) is 11.1 Å². The lowest BCUT2D eigenvalue weighted by atomic mass is 9.96. The van der Waals surface area contributed by atoms with E-state index in [1.165, 1.54) is 24.3 Å². The molecule has 28 rings (SSSR count). The molecular formula is C122H62F10N10. The van der Waals surface area contributed by atoms with Gasteiger partial charge in [0.05, 0.1) is 145 Å². The molecule has 670 valence electrons. The fourth-order valence-corrected chi connectivity index (χ4v) is 22.9. The van der Waals surface area contributed by atoms with Crippen molar-refractivity contribution >= 4 is 174 Å². The highest BCUT2D eigenvalue weighted by molar-refractivity contribution is 6.20. The van der Waals surface area contributed by atoms with Gasteiger partial charge in [0.25, 0.3) is 0 Å². The highest BCUT2D eigenvalue weighted by atomic mass is 19.2. The van der Waals surface area contributed by atoms with Crippen LogP contribution < -0.4 is 0 Å². The fraction of sp³-hybridized carbons (Fsp3) is 0. The van der Waals surface area contributed by atoms with E-state index in [9.17, 15) is 10.5 Å². The summed E-state index contributed by atoms with van der Waals surface area (Å²) in [6, 6.07) is 123. The molecule has 0 unspecified atom stereocenters. The number of fused-ring (bicyclic) bond motifs is 24. The molecule has 20 aromatic carbocycles. The van der Waals surface area contributed by atoms with Crippen LogP contribution in [0.5, 0.6) is 0 Å². The molecule has 0 aliphatic rings. The molecule has 0 saturated heterocycles. The standard InChI is InChI=1S/C122H62F10N10/c123-113-111(114(124)118(128)121(131)117(113)127)109-105(139-98-40-20-10-30-82(98)87-59-69(45-51-100(87)139)135-89-31-11-1-21-73(89)74-22-2-12-32-90(74)135)53-65(63-133)54-106(109)140-99-50-42-67(57-86(99)88-60-70(46-52-101(88)140)136-91-33-13-3-23-75(91)76-24-4-14-34-92(76)136)68-41-47-83-79-27-7-17-37-95(79)138(102(83)58-68)72-44-49-85-81-29-9-19-39-97(81)142(104(85)62-72)108-56-66(64-134)55-107(110(108)112-115(125)119(129)122(132)120(130)116(112)126)141-96-38-18-8-28-80(96)84-48-43-71(61-103(84)141)137-93-35-15-5-25-77(93)78-26-6-16-36-94(78)137/h1-62H. The molecule has 20 heteroatoms. The molecule has 0 amide bonds. The smallest absolute Gasteiger partial charge is 0.200 e. The third kappa shape index (κ3) is 11.3. The third-order valence-corrected chi connectivity index (χ3v) is 28.8. The lowest BCUT2D eigenvalue weighted by Crippen LogP contribution is -2.10. The van der Waals surface area contributed by atoms with Gasteiger partial charge >= 0.3 is 0 Å². The Balaban J connectivity index is 0.675. The maximum atomic E-state index is 18.0. The van der Waals surface area contributed by atoms with Gasteiger partial charge in [0.2, 0.25) is 11.6 Å². The zero-order chi connectivity index (χ0) is 95.4. The van der Waals surface area contributed by atoms with Crippen molar-refractivity contribution in [3.8, 4) is 91.0 Å². The number of aromatic nitrogens is 8. The highest BCUT2D eigenvalue weighted by Gasteiger charge is 2.37. The second-order valence-electron chi connectivity index (χ2n) is 36.0. The summed E-state index contributed by atoms with van der Waals surface area (Å²) >= 11 is 0. The molecule has 10 nitrogen and oxygen atoms in total. The molecule has 28 aromatic rings. The fourth-order valence-electron chi connectivity index (χ4n) is 22.9. The van der Waals surface area contributed by atoms with Gasteiger partial charge in [-0.05, 0) is 175 Å². The molecule has 0 aliphatic heterocycles. The summed E-state index contributed by atoms with van der Waals surface area (Å²) in [5, 5.41) is 35.8. The maximum Gasteiger partial charge on any atom is 0.200 e. The first-order valence-corrected chi connectivity index (χ1v) is 46.0. The monoisotopic (exact) mass is 1860 g/mol. The van der Waals surface area contributed by atoms with Gasteiger partial charge in [-0.3, -0.25) is 0 Å². The molecule has 142 heavy (non-hydrogen) atoms. The first-order chi connectivity index (χ1) is 69.6. The molecular weight excluding hydrogens is 1800 g/mol. The van der Waals surface area contributed by atoms with Crippen LogP contribution in [0.3, 0.4) is 0 Å². The van der Waals surface area contributed by atoms with Gasteiger partial charge < -0.3 is 36.5 Å². The van der Waals surface area contributed by atoms with Gasteiger partial charge in [0, 0.05) is 120 Å². The summed E-state index contributed by atoms with van der Waals surface area (Å²) in [5.41, 5.74) is 10.7.